The molecule has 0 aromatic heterocycles. The summed E-state index contributed by atoms with van der Waals surface area (Å²) < 4.78 is 0. The van der Waals surface area contributed by atoms with Crippen molar-refractivity contribution in [2.75, 3.05) is 0 Å². The average molecular weight is 384 g/mol. The summed E-state index contributed by atoms with van der Waals surface area (Å²) in [5.41, 5.74) is 0. The van der Waals surface area contributed by atoms with Crippen LogP contribution in [0.1, 0.15) is 74.1 Å². The van der Waals surface area contributed by atoms with Crippen LogP contribution in [0.15, 0.2) is 0 Å². The molecule has 0 heterocycles. The van der Waals surface area contributed by atoms with Crippen LogP contribution >= 0.6 is 0 Å². The second kappa shape index (κ2) is 28.4. The maximum atomic E-state index is 9.76. The van der Waals surface area contributed by atoms with Crippen molar-refractivity contribution < 1.29 is 51.4 Å². The minimum Gasteiger partial charge on any atom is -0.852 e. The van der Waals surface area contributed by atoms with Gasteiger partial charge in [0.25, 0.3) is 0 Å². The standard InChI is InChI=1S/C6H12O2.3C3H7O.Zr/c1-2-3-4-5-6(7)8;3*1-3(2)4;/h2-5H2,1H3,(H,7,8);3*3H,1-2H3;/q;3*-1;+4/p-1. The molecule has 0 unspecified atom stereocenters. The second-order valence-corrected chi connectivity index (χ2v) is 4.98. The molecule has 0 fully saturated rings. The van der Waals surface area contributed by atoms with E-state index in [0.29, 0.717) is 0 Å². The third kappa shape index (κ3) is 246. The molecule has 0 saturated carbocycles. The predicted octanol–water partition coefficient (Wildman–Crippen LogP) is -0.421. The first-order chi connectivity index (χ1) is 8.97. The van der Waals surface area contributed by atoms with Crippen LogP contribution in [0.25, 0.3) is 0 Å². The summed E-state index contributed by atoms with van der Waals surface area (Å²) in [6.07, 6.45) is 1.79. The minimum absolute atomic E-state index is 0. The molecule has 6 heteroatoms. The van der Waals surface area contributed by atoms with E-state index in [2.05, 4.69) is 0 Å². The quantitative estimate of drug-likeness (QED) is 0.612. The maximum absolute atomic E-state index is 9.76. The molecule has 0 amide bonds. The van der Waals surface area contributed by atoms with Gasteiger partial charge in [-0.3, -0.25) is 0 Å². The Hall–Kier alpha value is 0.233. The van der Waals surface area contributed by atoms with E-state index in [1.165, 1.54) is 0 Å². The SMILES string of the molecule is CC(C)[O-].CC(C)[O-].CC(C)[O-].CCCCCC(=O)[O-].[Zr+4]. The van der Waals surface area contributed by atoms with Crippen LogP contribution in [-0.4, -0.2) is 24.3 Å². The van der Waals surface area contributed by atoms with Crippen LogP contribution in [-0.2, 0) is 31.0 Å². The summed E-state index contributed by atoms with van der Waals surface area (Å²) in [4.78, 5) is 9.76. The fourth-order valence-corrected chi connectivity index (χ4v) is 0.519. The van der Waals surface area contributed by atoms with E-state index in [1.54, 1.807) is 41.5 Å². The Bertz CT molecular complexity index is 151. The number of aliphatic carboxylic acids is 1. The van der Waals surface area contributed by atoms with Gasteiger partial charge in [-0.25, -0.2) is 0 Å². The molecule has 0 aromatic rings. The summed E-state index contributed by atoms with van der Waals surface area (Å²) in [5, 5.41) is 38.3. The summed E-state index contributed by atoms with van der Waals surface area (Å²) in [6, 6.07) is 0. The summed E-state index contributed by atoms with van der Waals surface area (Å²) >= 11 is 0. The van der Waals surface area contributed by atoms with E-state index in [-0.39, 0.29) is 32.6 Å². The first kappa shape index (κ1) is 33.0. The van der Waals surface area contributed by atoms with Gasteiger partial charge in [-0.2, -0.15) is 0 Å². The largest absolute Gasteiger partial charge is 4.00 e. The summed E-state index contributed by atoms with van der Waals surface area (Å²) in [5.74, 6) is -0.932. The van der Waals surface area contributed by atoms with Crippen LogP contribution in [0, 0.1) is 0 Å². The van der Waals surface area contributed by atoms with Gasteiger partial charge in [0.1, 0.15) is 0 Å². The van der Waals surface area contributed by atoms with Gasteiger partial charge in [-0.05, 0) is 12.8 Å². The number of carboxylic acids is 1. The van der Waals surface area contributed by atoms with Gasteiger partial charge in [-0.15, -0.1) is 18.3 Å². The van der Waals surface area contributed by atoms with Crippen molar-refractivity contribution in [2.24, 2.45) is 0 Å². The van der Waals surface area contributed by atoms with E-state index < -0.39 is 24.3 Å². The van der Waals surface area contributed by atoms with Gasteiger partial charge in [0.2, 0.25) is 0 Å². The van der Waals surface area contributed by atoms with Crippen LogP contribution in [0.5, 0.6) is 0 Å². The molecule has 21 heavy (non-hydrogen) atoms. The predicted molar refractivity (Wildman–Crippen MR) is 74.6 cm³/mol. The molecule has 5 nitrogen and oxygen atoms in total. The monoisotopic (exact) mass is 382 g/mol. The number of rotatable bonds is 4. The number of unbranched alkanes of at least 4 members (excludes halogenated alkanes) is 2. The molecule has 0 aliphatic carbocycles. The van der Waals surface area contributed by atoms with Crippen LogP contribution < -0.4 is 20.4 Å². The van der Waals surface area contributed by atoms with Crippen LogP contribution in [0.2, 0.25) is 0 Å². The average Bonchev–Trinajstić information content (AvgIpc) is 2.14. The van der Waals surface area contributed by atoms with Crippen molar-refractivity contribution in [1.82, 2.24) is 0 Å². The molecule has 0 rings (SSSR count). The first-order valence-electron chi connectivity index (χ1n) is 7.14. The Morgan fingerprint density at radius 1 is 0.810 bits per heavy atom. The smallest absolute Gasteiger partial charge is 0.852 e. The van der Waals surface area contributed by atoms with E-state index in [1.807, 2.05) is 6.92 Å². The number of carbonyl (C=O) groups is 1. The summed E-state index contributed by atoms with van der Waals surface area (Å²) in [6.45, 7) is 11.7. The Labute approximate surface area is 149 Å². The number of carboxylic acid groups (broad SMARTS) is 1. The molecule has 0 radical (unpaired) electrons. The Morgan fingerprint density at radius 2 is 1.05 bits per heavy atom. The molecule has 0 aliphatic rings. The Balaban J connectivity index is -0.0000000570. The van der Waals surface area contributed by atoms with E-state index in [9.17, 15) is 25.2 Å². The van der Waals surface area contributed by atoms with Crippen LogP contribution in [0.3, 0.4) is 0 Å². The molecular weight excluding hydrogens is 351 g/mol. The fraction of sp³-hybridized carbons (Fsp3) is 0.933. The minimum atomic E-state index is -0.932. The van der Waals surface area contributed by atoms with Gasteiger partial charge >= 0.3 is 26.2 Å². The molecule has 0 spiro atoms. The van der Waals surface area contributed by atoms with Gasteiger partial charge < -0.3 is 25.2 Å². The van der Waals surface area contributed by atoms with Gasteiger partial charge in [0.15, 0.2) is 0 Å². The third-order valence-electron chi connectivity index (χ3n) is 0.984. The number of hydrogen-bond acceptors (Lipinski definition) is 5. The van der Waals surface area contributed by atoms with E-state index in [0.717, 1.165) is 19.3 Å². The molecule has 0 atom stereocenters. The first-order valence-corrected chi connectivity index (χ1v) is 7.14. The molecule has 0 saturated heterocycles. The fourth-order valence-electron chi connectivity index (χ4n) is 0.519. The zero-order valence-corrected chi connectivity index (χ0v) is 17.1. The molecule has 0 bridgehead atoms. The van der Waals surface area contributed by atoms with Crippen molar-refractivity contribution in [3.8, 4) is 0 Å². The number of hydrogen-bond donors (Lipinski definition) is 0. The zero-order valence-electron chi connectivity index (χ0n) is 14.6. The molecule has 126 valence electrons. The normalized spacial score (nSPS) is 8.62. The van der Waals surface area contributed by atoms with Crippen molar-refractivity contribution >= 4 is 5.97 Å². The van der Waals surface area contributed by atoms with Crippen LogP contribution in [0.4, 0.5) is 0 Å². The van der Waals surface area contributed by atoms with Crippen molar-refractivity contribution in [3.63, 3.8) is 0 Å². The molecular formula is C15H32O5Zr. The second-order valence-electron chi connectivity index (χ2n) is 4.98. The van der Waals surface area contributed by atoms with Gasteiger partial charge in [-0.1, -0.05) is 61.3 Å². The van der Waals surface area contributed by atoms with E-state index >= 15 is 0 Å². The van der Waals surface area contributed by atoms with Crippen molar-refractivity contribution in [2.45, 2.75) is 92.5 Å². The maximum Gasteiger partial charge on any atom is 4.00 e. The molecule has 0 aliphatic heterocycles. The van der Waals surface area contributed by atoms with Gasteiger partial charge in [0.05, 0.1) is 0 Å². The van der Waals surface area contributed by atoms with E-state index in [4.69, 9.17) is 0 Å². The third-order valence-corrected chi connectivity index (χ3v) is 0.984. The number of carbonyl (C=O) groups excluding carboxylic acids is 1. The molecule has 0 aromatic carbocycles. The Kier molecular flexibility index (Phi) is 44.6. The Morgan fingerprint density at radius 3 is 1.19 bits per heavy atom. The van der Waals surface area contributed by atoms with Crippen molar-refractivity contribution in [1.29, 1.82) is 0 Å². The summed E-state index contributed by atoms with van der Waals surface area (Å²) in [7, 11) is 0. The topological polar surface area (TPSA) is 109 Å². The molecule has 0 N–H and O–H groups in total. The van der Waals surface area contributed by atoms with Gasteiger partial charge in [0, 0.05) is 5.97 Å². The zero-order chi connectivity index (χ0) is 17.1. The van der Waals surface area contributed by atoms with Crippen molar-refractivity contribution in [3.05, 3.63) is 0 Å².